The first kappa shape index (κ1) is 26.1. The lowest BCUT2D eigenvalue weighted by Crippen LogP contribution is -2.01. The number of hydrogen-bond acceptors (Lipinski definition) is 4. The molecule has 0 bridgehead atoms. The number of rotatable bonds is 16. The summed E-state index contributed by atoms with van der Waals surface area (Å²) < 4.78 is 29.2. The number of benzene rings is 3. The van der Waals surface area contributed by atoms with E-state index < -0.39 is 7.82 Å². The van der Waals surface area contributed by atoms with E-state index in [2.05, 4.69) is 6.92 Å². The maximum absolute atomic E-state index is 12.5. The van der Waals surface area contributed by atoms with E-state index in [0.29, 0.717) is 12.0 Å². The quantitative estimate of drug-likeness (QED) is 0.163. The van der Waals surface area contributed by atoms with E-state index in [1.807, 2.05) is 24.3 Å². The van der Waals surface area contributed by atoms with Crippen LogP contribution >= 0.6 is 7.82 Å². The third kappa shape index (κ3) is 8.70. The number of fused-ring (bicyclic) bond motifs is 1. The Kier molecular flexibility index (Phi) is 10.8. The summed E-state index contributed by atoms with van der Waals surface area (Å²) in [5.74, 6) is 1.30. The summed E-state index contributed by atoms with van der Waals surface area (Å²) in [6.45, 7) is 2.90. The number of hydrogen-bond donors (Lipinski definition) is 1. The number of phosphoric acid groups is 1. The molecule has 3 rings (SSSR count). The van der Waals surface area contributed by atoms with Gasteiger partial charge in [0.25, 0.3) is 0 Å². The van der Waals surface area contributed by atoms with Gasteiger partial charge < -0.3 is 13.8 Å². The van der Waals surface area contributed by atoms with Crippen molar-refractivity contribution in [1.82, 2.24) is 0 Å². The smallest absolute Gasteiger partial charge is 0.493 e. The van der Waals surface area contributed by atoms with Gasteiger partial charge in [-0.1, -0.05) is 107 Å². The van der Waals surface area contributed by atoms with Gasteiger partial charge in [-0.3, -0.25) is 4.89 Å². The van der Waals surface area contributed by atoms with Crippen LogP contribution in [0.25, 0.3) is 10.8 Å². The first-order valence-electron chi connectivity index (χ1n) is 12.5. The monoisotopic (exact) mass is 484 g/mol. The molecule has 0 aliphatic carbocycles. The Labute approximate surface area is 203 Å². The van der Waals surface area contributed by atoms with Crippen LogP contribution in [0.2, 0.25) is 0 Å². The van der Waals surface area contributed by atoms with Crippen LogP contribution in [0.1, 0.15) is 71.1 Å². The maximum Gasteiger partial charge on any atom is 0.584 e. The van der Waals surface area contributed by atoms with Crippen LogP contribution in [-0.4, -0.2) is 11.5 Å². The molecule has 1 N–H and O–H groups in total. The van der Waals surface area contributed by atoms with Crippen molar-refractivity contribution in [1.29, 1.82) is 0 Å². The molecule has 3 aromatic rings. The Morgan fingerprint density at radius 1 is 0.647 bits per heavy atom. The molecule has 184 valence electrons. The fourth-order valence-electron chi connectivity index (χ4n) is 3.99. The molecule has 0 aliphatic heterocycles. The van der Waals surface area contributed by atoms with E-state index >= 15 is 0 Å². The minimum Gasteiger partial charge on any atom is -0.493 e. The maximum atomic E-state index is 12.5. The molecule has 0 fully saturated rings. The van der Waals surface area contributed by atoms with Crippen molar-refractivity contribution >= 4 is 18.6 Å². The minimum atomic E-state index is -4.34. The third-order valence-electron chi connectivity index (χ3n) is 5.78. The summed E-state index contributed by atoms with van der Waals surface area (Å²) in [5.41, 5.74) is 0. The Morgan fingerprint density at radius 3 is 1.85 bits per heavy atom. The van der Waals surface area contributed by atoms with Crippen LogP contribution in [0.4, 0.5) is 0 Å². The molecule has 3 aromatic carbocycles. The van der Waals surface area contributed by atoms with Gasteiger partial charge in [0.1, 0.15) is 17.2 Å². The molecule has 0 aromatic heterocycles. The number of unbranched alkanes of at least 4 members (excludes halogenated alkanes) is 9. The summed E-state index contributed by atoms with van der Waals surface area (Å²) in [6.07, 6.45) is 12.8. The van der Waals surface area contributed by atoms with Crippen molar-refractivity contribution in [2.75, 3.05) is 6.61 Å². The fraction of sp³-hybridized carbons (Fsp3) is 0.429. The van der Waals surface area contributed by atoms with Gasteiger partial charge in [0.05, 0.1) is 6.61 Å². The average Bonchev–Trinajstić information content (AvgIpc) is 2.83. The van der Waals surface area contributed by atoms with E-state index in [1.54, 1.807) is 42.5 Å². The van der Waals surface area contributed by atoms with Gasteiger partial charge in [-0.05, 0) is 30.7 Å². The number of para-hydroxylation sites is 1. The summed E-state index contributed by atoms with van der Waals surface area (Å²) in [5, 5.41) is 1.54. The summed E-state index contributed by atoms with van der Waals surface area (Å²) in [4.78, 5) is 10.2. The molecule has 5 nitrogen and oxygen atoms in total. The van der Waals surface area contributed by atoms with Gasteiger partial charge in [0.2, 0.25) is 0 Å². The SMILES string of the molecule is CCCCCCCCCCCCOc1cccc2c(OP(=O)(O)Oc3ccccc3)cccc12. The first-order valence-corrected chi connectivity index (χ1v) is 14.0. The van der Waals surface area contributed by atoms with Crippen molar-refractivity contribution in [2.45, 2.75) is 71.1 Å². The number of ether oxygens (including phenoxy) is 1. The zero-order valence-corrected chi connectivity index (χ0v) is 21.1. The second-order valence-electron chi connectivity index (χ2n) is 8.60. The highest BCUT2D eigenvalue weighted by atomic mass is 31.2. The van der Waals surface area contributed by atoms with Crippen LogP contribution in [-0.2, 0) is 4.57 Å². The summed E-state index contributed by atoms with van der Waals surface area (Å²) in [6, 6.07) is 19.5. The average molecular weight is 485 g/mol. The molecule has 0 aliphatic rings. The van der Waals surface area contributed by atoms with Crippen LogP contribution < -0.4 is 13.8 Å². The lowest BCUT2D eigenvalue weighted by molar-refractivity contribution is 0.292. The zero-order valence-electron chi connectivity index (χ0n) is 20.2. The largest absolute Gasteiger partial charge is 0.584 e. The highest BCUT2D eigenvalue weighted by Gasteiger charge is 2.26. The molecule has 1 unspecified atom stereocenters. The normalized spacial score (nSPS) is 12.9. The molecule has 0 heterocycles. The van der Waals surface area contributed by atoms with Crippen molar-refractivity contribution < 1.29 is 23.2 Å². The molecular weight excluding hydrogens is 447 g/mol. The Morgan fingerprint density at radius 2 is 1.21 bits per heavy atom. The van der Waals surface area contributed by atoms with Crippen molar-refractivity contribution in [3.8, 4) is 17.2 Å². The van der Waals surface area contributed by atoms with E-state index in [4.69, 9.17) is 13.8 Å². The van der Waals surface area contributed by atoms with Crippen molar-refractivity contribution in [3.63, 3.8) is 0 Å². The second-order valence-corrected chi connectivity index (χ2v) is 9.90. The van der Waals surface area contributed by atoms with E-state index in [1.165, 1.54) is 57.8 Å². The molecule has 0 spiro atoms. The van der Waals surface area contributed by atoms with Crippen LogP contribution in [0.15, 0.2) is 66.7 Å². The van der Waals surface area contributed by atoms with Crippen molar-refractivity contribution in [3.05, 3.63) is 66.7 Å². The second kappa shape index (κ2) is 14.0. The summed E-state index contributed by atoms with van der Waals surface area (Å²) in [7, 11) is -4.34. The van der Waals surface area contributed by atoms with Gasteiger partial charge in [-0.25, -0.2) is 4.57 Å². The van der Waals surface area contributed by atoms with E-state index in [-0.39, 0.29) is 11.5 Å². The van der Waals surface area contributed by atoms with Gasteiger partial charge in [0.15, 0.2) is 0 Å². The Hall–Kier alpha value is -2.49. The van der Waals surface area contributed by atoms with Gasteiger partial charge in [-0.15, -0.1) is 0 Å². The topological polar surface area (TPSA) is 65.0 Å². The molecule has 34 heavy (non-hydrogen) atoms. The molecule has 0 radical (unpaired) electrons. The van der Waals surface area contributed by atoms with Crippen LogP contribution in [0.3, 0.4) is 0 Å². The van der Waals surface area contributed by atoms with E-state index in [9.17, 15) is 9.46 Å². The zero-order chi connectivity index (χ0) is 24.1. The third-order valence-corrected chi connectivity index (χ3v) is 6.64. The molecule has 6 heteroatoms. The lowest BCUT2D eigenvalue weighted by Gasteiger charge is -2.16. The minimum absolute atomic E-state index is 0.272. The Balaban J connectivity index is 1.49. The van der Waals surface area contributed by atoms with Gasteiger partial charge in [-0.2, -0.15) is 0 Å². The van der Waals surface area contributed by atoms with E-state index in [0.717, 1.165) is 17.6 Å². The Bertz CT molecular complexity index is 1040. The van der Waals surface area contributed by atoms with Gasteiger partial charge >= 0.3 is 7.82 Å². The lowest BCUT2D eigenvalue weighted by atomic mass is 10.1. The highest BCUT2D eigenvalue weighted by Crippen LogP contribution is 2.46. The molecule has 0 saturated carbocycles. The molecular formula is C28H37O5P. The highest BCUT2D eigenvalue weighted by molar-refractivity contribution is 7.48. The van der Waals surface area contributed by atoms with Crippen LogP contribution in [0.5, 0.6) is 17.2 Å². The predicted molar refractivity (Wildman–Crippen MR) is 139 cm³/mol. The predicted octanol–water partition coefficient (Wildman–Crippen LogP) is 8.70. The molecule has 0 amide bonds. The summed E-state index contributed by atoms with van der Waals surface area (Å²) >= 11 is 0. The standard InChI is InChI=1S/C28H37O5P/c1-2-3-4-5-6-7-8-9-10-14-23-31-27-21-15-20-26-25(27)19-16-22-28(26)33-34(29,30)32-24-17-12-11-13-18-24/h11-13,15-22H,2-10,14,23H2,1H3,(H,29,30). The first-order chi connectivity index (χ1) is 16.6. The number of phosphoric ester groups is 1. The van der Waals surface area contributed by atoms with Crippen molar-refractivity contribution in [2.24, 2.45) is 0 Å². The molecule has 0 saturated heterocycles. The van der Waals surface area contributed by atoms with Gasteiger partial charge in [0, 0.05) is 10.8 Å². The van der Waals surface area contributed by atoms with Crippen LogP contribution in [0, 0.1) is 0 Å². The fourth-order valence-corrected chi connectivity index (χ4v) is 4.82. The molecule has 1 atom stereocenters.